The zero-order valence-electron chi connectivity index (χ0n) is 20.5. The first-order valence-electron chi connectivity index (χ1n) is 12.1. The topological polar surface area (TPSA) is 110 Å². The first kappa shape index (κ1) is 25.7. The number of halogens is 1. The van der Waals surface area contributed by atoms with Crippen LogP contribution in [0.2, 0.25) is 5.02 Å². The number of carbonyl (C=O) groups excluding carboxylic acids is 1. The molecule has 1 saturated heterocycles. The van der Waals surface area contributed by atoms with Crippen molar-refractivity contribution in [3.63, 3.8) is 0 Å². The van der Waals surface area contributed by atoms with Gasteiger partial charge in [-0.2, -0.15) is 0 Å². The van der Waals surface area contributed by atoms with Gasteiger partial charge in [0.05, 0.1) is 33.6 Å². The molecule has 4 aromatic rings. The van der Waals surface area contributed by atoms with Gasteiger partial charge in [0.1, 0.15) is 29.3 Å². The van der Waals surface area contributed by atoms with Gasteiger partial charge in [-0.15, -0.1) is 11.3 Å². The van der Waals surface area contributed by atoms with Gasteiger partial charge in [-0.25, -0.2) is 14.8 Å². The maximum Gasteiger partial charge on any atom is 0.407 e. The average molecular weight is 549 g/mol. The molecule has 1 aromatic carbocycles. The van der Waals surface area contributed by atoms with Gasteiger partial charge in [0.15, 0.2) is 0 Å². The first-order chi connectivity index (χ1) is 18.6. The van der Waals surface area contributed by atoms with Gasteiger partial charge in [-0.05, 0) is 49.7 Å². The highest BCUT2D eigenvalue weighted by Gasteiger charge is 2.24. The van der Waals surface area contributed by atoms with E-state index in [-0.39, 0.29) is 12.1 Å². The Bertz CT molecular complexity index is 1490. The molecule has 2 atom stereocenters. The van der Waals surface area contributed by atoms with Crippen molar-refractivity contribution < 1.29 is 14.3 Å². The Morgan fingerprint density at radius 1 is 1.24 bits per heavy atom. The Morgan fingerprint density at radius 2 is 2.16 bits per heavy atom. The molecule has 11 heteroatoms. The van der Waals surface area contributed by atoms with Crippen molar-refractivity contribution in [3.8, 4) is 17.6 Å². The highest BCUT2D eigenvalue weighted by Crippen LogP contribution is 2.33. The van der Waals surface area contributed by atoms with Crippen LogP contribution in [0, 0.1) is 11.8 Å². The molecule has 0 bridgehead atoms. The Balaban J connectivity index is 1.24. The monoisotopic (exact) mass is 548 g/mol. The summed E-state index contributed by atoms with van der Waals surface area (Å²) in [6, 6.07) is 13.1. The van der Waals surface area contributed by atoms with Crippen molar-refractivity contribution in [3.05, 3.63) is 70.6 Å². The van der Waals surface area contributed by atoms with Crippen LogP contribution >= 0.6 is 22.9 Å². The number of hydrogen-bond acceptors (Lipinski definition) is 9. The fraction of sp³-hybridized carbons (Fsp3) is 0.259. The molecule has 0 aliphatic carbocycles. The molecular weight excluding hydrogens is 524 g/mol. The van der Waals surface area contributed by atoms with E-state index in [0.717, 1.165) is 26.5 Å². The van der Waals surface area contributed by atoms with Gasteiger partial charge in [0.25, 0.3) is 0 Å². The Kier molecular flexibility index (Phi) is 8.19. The second-order valence-corrected chi connectivity index (χ2v) is 9.90. The highest BCUT2D eigenvalue weighted by molar-refractivity contribution is 7.19. The van der Waals surface area contributed by atoms with Crippen LogP contribution in [0.1, 0.15) is 23.9 Å². The van der Waals surface area contributed by atoms with E-state index in [1.807, 2.05) is 36.4 Å². The number of carbonyl (C=O) groups is 1. The summed E-state index contributed by atoms with van der Waals surface area (Å²) in [5.41, 5.74) is 1.59. The maximum atomic E-state index is 11.6. The van der Waals surface area contributed by atoms with E-state index in [2.05, 4.69) is 42.7 Å². The Morgan fingerprint density at radius 3 is 2.97 bits per heavy atom. The van der Waals surface area contributed by atoms with Crippen molar-refractivity contribution in [1.82, 2.24) is 25.6 Å². The van der Waals surface area contributed by atoms with E-state index in [4.69, 9.17) is 21.1 Å². The summed E-state index contributed by atoms with van der Waals surface area (Å²) in [5.74, 6) is 7.72. The predicted molar refractivity (Wildman–Crippen MR) is 148 cm³/mol. The van der Waals surface area contributed by atoms with Crippen LogP contribution in [-0.4, -0.2) is 46.3 Å². The van der Waals surface area contributed by atoms with Crippen LogP contribution in [0.5, 0.6) is 5.75 Å². The summed E-state index contributed by atoms with van der Waals surface area (Å²) in [7, 11) is 0. The average Bonchev–Trinajstić information content (AvgIpc) is 3.55. The molecule has 1 amide bonds. The van der Waals surface area contributed by atoms with Crippen LogP contribution in [-0.2, 0) is 11.3 Å². The van der Waals surface area contributed by atoms with Crippen molar-refractivity contribution in [2.24, 2.45) is 0 Å². The predicted octanol–water partition coefficient (Wildman–Crippen LogP) is 4.89. The van der Waals surface area contributed by atoms with E-state index in [1.54, 1.807) is 19.2 Å². The van der Waals surface area contributed by atoms with Crippen molar-refractivity contribution in [2.45, 2.75) is 32.0 Å². The lowest BCUT2D eigenvalue weighted by Gasteiger charge is -2.11. The van der Waals surface area contributed by atoms with Crippen molar-refractivity contribution in [1.29, 1.82) is 0 Å². The summed E-state index contributed by atoms with van der Waals surface area (Å²) in [4.78, 5) is 26.4. The molecular formula is C27H25ClN6O3S. The lowest BCUT2D eigenvalue weighted by Crippen LogP contribution is -2.36. The zero-order valence-corrected chi connectivity index (χ0v) is 22.1. The molecule has 194 valence electrons. The quantitative estimate of drug-likeness (QED) is 0.280. The van der Waals surface area contributed by atoms with Gasteiger partial charge in [-0.1, -0.05) is 29.5 Å². The fourth-order valence-corrected chi connectivity index (χ4v) is 5.03. The van der Waals surface area contributed by atoms with Gasteiger partial charge >= 0.3 is 6.09 Å². The molecule has 4 heterocycles. The molecule has 1 fully saturated rings. The van der Waals surface area contributed by atoms with Gasteiger partial charge in [0.2, 0.25) is 0 Å². The minimum Gasteiger partial charge on any atom is -0.486 e. The first-order valence-corrected chi connectivity index (χ1v) is 13.3. The zero-order chi connectivity index (χ0) is 26.3. The second-order valence-electron chi connectivity index (χ2n) is 8.46. The third-order valence-electron chi connectivity index (χ3n) is 5.72. The lowest BCUT2D eigenvalue weighted by molar-refractivity contribution is 0.148. The molecule has 5 rings (SSSR count). The molecule has 3 N–H and O–H groups in total. The van der Waals surface area contributed by atoms with E-state index in [9.17, 15) is 4.79 Å². The molecule has 0 saturated carbocycles. The number of benzene rings is 1. The summed E-state index contributed by atoms with van der Waals surface area (Å²) in [6.07, 6.45) is 3.56. The summed E-state index contributed by atoms with van der Waals surface area (Å²) >= 11 is 7.97. The number of thiophene rings is 1. The number of alkyl carbamates (subject to hydrolysis) is 1. The van der Waals surface area contributed by atoms with Crippen LogP contribution in [0.3, 0.4) is 0 Å². The SMILES string of the molecule is CCOC(=O)N[C@H]1CN[C@H](C#Cc2cc3c(Nc4ccc(OCc5ccccn5)c(Cl)c4)ncnc3s2)C1. The molecule has 38 heavy (non-hydrogen) atoms. The van der Waals surface area contributed by atoms with Crippen LogP contribution < -0.4 is 20.7 Å². The number of aromatic nitrogens is 3. The molecule has 3 aromatic heterocycles. The normalized spacial score (nSPS) is 16.5. The molecule has 0 unspecified atom stereocenters. The molecule has 9 nitrogen and oxygen atoms in total. The Labute approximate surface area is 229 Å². The number of fused-ring (bicyclic) bond motifs is 1. The molecule has 0 radical (unpaired) electrons. The number of nitrogens with zero attached hydrogens (tertiary/aromatic N) is 3. The van der Waals surface area contributed by atoms with E-state index >= 15 is 0 Å². The summed E-state index contributed by atoms with van der Waals surface area (Å²) in [6.45, 7) is 3.11. The minimum absolute atomic E-state index is 0.00366. The number of pyridine rings is 1. The fourth-order valence-electron chi connectivity index (χ4n) is 3.94. The highest BCUT2D eigenvalue weighted by atomic mass is 35.5. The summed E-state index contributed by atoms with van der Waals surface area (Å²) in [5, 5.41) is 10.8. The summed E-state index contributed by atoms with van der Waals surface area (Å²) < 4.78 is 10.8. The van der Waals surface area contributed by atoms with E-state index in [0.29, 0.717) is 42.8 Å². The Hall–Kier alpha value is -3.91. The molecule has 0 spiro atoms. The van der Waals surface area contributed by atoms with E-state index < -0.39 is 6.09 Å². The smallest absolute Gasteiger partial charge is 0.407 e. The van der Waals surface area contributed by atoms with Crippen LogP contribution in [0.25, 0.3) is 10.2 Å². The maximum absolute atomic E-state index is 11.6. The van der Waals surface area contributed by atoms with Crippen LogP contribution in [0.4, 0.5) is 16.3 Å². The number of rotatable bonds is 7. The molecule has 1 aliphatic rings. The number of amides is 1. The standard InChI is InChI=1S/C27H25ClN6O3S/c1-2-36-27(35)34-20-11-17(30-14-20)6-8-21-13-22-25(31-16-32-26(22)38-21)33-18-7-9-24(23(28)12-18)37-15-19-5-3-4-10-29-19/h3-5,7,9-10,12-13,16-17,20,30H,2,11,14-15H2,1H3,(H,34,35)(H,31,32,33)/t17-,20-/m1/s1. The number of hydrogen-bond donors (Lipinski definition) is 3. The third kappa shape index (κ3) is 6.50. The number of nitrogens with one attached hydrogen (secondary N) is 3. The van der Waals surface area contributed by atoms with Gasteiger partial charge in [-0.3, -0.25) is 4.98 Å². The number of ether oxygens (including phenoxy) is 2. The van der Waals surface area contributed by atoms with Crippen molar-refractivity contribution >= 4 is 50.8 Å². The van der Waals surface area contributed by atoms with Gasteiger partial charge in [0, 0.05) is 24.5 Å². The minimum atomic E-state index is -0.399. The van der Waals surface area contributed by atoms with Crippen molar-refractivity contribution in [2.75, 3.05) is 18.5 Å². The lowest BCUT2D eigenvalue weighted by atomic mass is 10.2. The second kappa shape index (κ2) is 12.1. The van der Waals surface area contributed by atoms with Gasteiger partial charge < -0.3 is 25.4 Å². The third-order valence-corrected chi connectivity index (χ3v) is 6.98. The molecule has 1 aliphatic heterocycles. The number of anilines is 2. The van der Waals surface area contributed by atoms with Crippen LogP contribution in [0.15, 0.2) is 55.0 Å². The largest absolute Gasteiger partial charge is 0.486 e. The van der Waals surface area contributed by atoms with E-state index in [1.165, 1.54) is 17.7 Å².